The van der Waals surface area contributed by atoms with Gasteiger partial charge in [0, 0.05) is 18.4 Å². The molecular weight excluding hydrogens is 318 g/mol. The van der Waals surface area contributed by atoms with E-state index in [4.69, 9.17) is 14.2 Å². The standard InChI is InChI=1S/C20H23NO4/c1-23-18-9-13-6-7-21-11-15-12(4-5-17(22)20(15)25-3)8-16(21)14(13)10-19(18)24-2/h4-5,9-10,16,22H,6-8,11H2,1-3H3/p+1/t16-/m0/s1. The van der Waals surface area contributed by atoms with Crippen molar-refractivity contribution in [2.24, 2.45) is 0 Å². The second-order valence-corrected chi connectivity index (χ2v) is 6.75. The first kappa shape index (κ1) is 16.1. The lowest BCUT2D eigenvalue weighted by molar-refractivity contribution is -0.949. The molecule has 5 nitrogen and oxygen atoms in total. The zero-order chi connectivity index (χ0) is 17.6. The fourth-order valence-corrected chi connectivity index (χ4v) is 4.35. The number of fused-ring (bicyclic) bond motifs is 4. The maximum absolute atomic E-state index is 10.1. The van der Waals surface area contributed by atoms with Crippen LogP contribution in [0.4, 0.5) is 0 Å². The van der Waals surface area contributed by atoms with Crippen molar-refractivity contribution in [2.75, 3.05) is 27.9 Å². The van der Waals surface area contributed by atoms with Crippen LogP contribution in [-0.2, 0) is 19.4 Å². The van der Waals surface area contributed by atoms with E-state index < -0.39 is 0 Å². The quantitative estimate of drug-likeness (QED) is 0.891. The van der Waals surface area contributed by atoms with Gasteiger partial charge in [0.15, 0.2) is 23.0 Å². The Bertz CT molecular complexity index is 818. The molecule has 132 valence electrons. The van der Waals surface area contributed by atoms with Crippen molar-refractivity contribution in [1.29, 1.82) is 0 Å². The maximum atomic E-state index is 10.1. The molecule has 2 heterocycles. The number of methoxy groups -OCH3 is 3. The Morgan fingerprint density at radius 1 is 1.00 bits per heavy atom. The van der Waals surface area contributed by atoms with Crippen molar-refractivity contribution in [2.45, 2.75) is 25.4 Å². The van der Waals surface area contributed by atoms with Crippen LogP contribution in [0, 0.1) is 0 Å². The van der Waals surface area contributed by atoms with Crippen LogP contribution in [0.1, 0.15) is 28.3 Å². The summed E-state index contributed by atoms with van der Waals surface area (Å²) in [4.78, 5) is 1.51. The number of benzene rings is 2. The average Bonchev–Trinajstić information content (AvgIpc) is 2.65. The van der Waals surface area contributed by atoms with E-state index in [0.29, 0.717) is 11.8 Å². The van der Waals surface area contributed by atoms with Gasteiger partial charge < -0.3 is 24.2 Å². The summed E-state index contributed by atoms with van der Waals surface area (Å²) in [7, 11) is 4.99. The first-order valence-electron chi connectivity index (χ1n) is 8.63. The van der Waals surface area contributed by atoms with Crippen LogP contribution in [0.15, 0.2) is 24.3 Å². The first-order chi connectivity index (χ1) is 12.2. The van der Waals surface area contributed by atoms with Gasteiger partial charge in [0.1, 0.15) is 12.6 Å². The number of hydrogen-bond donors (Lipinski definition) is 2. The summed E-state index contributed by atoms with van der Waals surface area (Å²) in [6.45, 7) is 1.93. The molecule has 5 heteroatoms. The molecule has 2 N–H and O–H groups in total. The Morgan fingerprint density at radius 3 is 2.48 bits per heavy atom. The summed E-state index contributed by atoms with van der Waals surface area (Å²) < 4.78 is 16.4. The van der Waals surface area contributed by atoms with Crippen molar-refractivity contribution in [1.82, 2.24) is 0 Å². The smallest absolute Gasteiger partial charge is 0.169 e. The number of quaternary nitrogens is 1. The van der Waals surface area contributed by atoms with Gasteiger partial charge in [-0.25, -0.2) is 0 Å². The molecular formula is C20H24NO4+. The normalized spacial score (nSPS) is 20.9. The lowest BCUT2D eigenvalue weighted by Gasteiger charge is -2.39. The van der Waals surface area contributed by atoms with Gasteiger partial charge in [-0.2, -0.15) is 0 Å². The lowest BCUT2D eigenvalue weighted by atomic mass is 9.83. The molecule has 25 heavy (non-hydrogen) atoms. The van der Waals surface area contributed by atoms with E-state index in [-0.39, 0.29) is 5.75 Å². The number of hydrogen-bond acceptors (Lipinski definition) is 4. The van der Waals surface area contributed by atoms with Crippen molar-refractivity contribution in [3.8, 4) is 23.0 Å². The van der Waals surface area contributed by atoms with Crippen LogP contribution in [-0.4, -0.2) is 33.0 Å². The highest BCUT2D eigenvalue weighted by Gasteiger charge is 2.38. The van der Waals surface area contributed by atoms with E-state index in [1.165, 1.54) is 21.6 Å². The molecule has 2 aliphatic heterocycles. The number of ether oxygens (including phenoxy) is 3. The molecule has 0 radical (unpaired) electrons. The van der Waals surface area contributed by atoms with Gasteiger partial charge in [0.25, 0.3) is 0 Å². The minimum absolute atomic E-state index is 0.225. The number of phenols is 1. The van der Waals surface area contributed by atoms with E-state index in [1.54, 1.807) is 27.4 Å². The first-order valence-corrected chi connectivity index (χ1v) is 8.63. The molecule has 0 fully saturated rings. The lowest BCUT2D eigenvalue weighted by Crippen LogP contribution is -3.13. The molecule has 4 rings (SSSR count). The molecule has 0 aromatic heterocycles. The summed E-state index contributed by atoms with van der Waals surface area (Å²) in [5, 5.41) is 10.1. The van der Waals surface area contributed by atoms with Crippen molar-refractivity contribution in [3.05, 3.63) is 46.5 Å². The Kier molecular flexibility index (Phi) is 3.96. The van der Waals surface area contributed by atoms with Crippen molar-refractivity contribution < 1.29 is 24.2 Å². The molecule has 2 aromatic carbocycles. The van der Waals surface area contributed by atoms with Crippen molar-refractivity contribution in [3.63, 3.8) is 0 Å². The number of rotatable bonds is 3. The van der Waals surface area contributed by atoms with Gasteiger partial charge in [-0.1, -0.05) is 6.07 Å². The van der Waals surface area contributed by atoms with Crippen LogP contribution < -0.4 is 19.1 Å². The molecule has 1 unspecified atom stereocenters. The van der Waals surface area contributed by atoms with Gasteiger partial charge in [0.05, 0.1) is 33.4 Å². The summed E-state index contributed by atoms with van der Waals surface area (Å²) >= 11 is 0. The van der Waals surface area contributed by atoms with E-state index in [2.05, 4.69) is 12.1 Å². The molecule has 0 saturated carbocycles. The second-order valence-electron chi connectivity index (χ2n) is 6.75. The molecule has 0 amide bonds. The van der Waals surface area contributed by atoms with E-state index in [9.17, 15) is 5.11 Å². The number of nitrogens with one attached hydrogen (secondary N) is 1. The third-order valence-corrected chi connectivity index (χ3v) is 5.60. The monoisotopic (exact) mass is 342 g/mol. The summed E-state index contributed by atoms with van der Waals surface area (Å²) in [5.74, 6) is 2.44. The highest BCUT2D eigenvalue weighted by molar-refractivity contribution is 5.52. The van der Waals surface area contributed by atoms with Gasteiger partial charge in [-0.15, -0.1) is 0 Å². The summed E-state index contributed by atoms with van der Waals surface area (Å²) in [5.41, 5.74) is 5.08. The van der Waals surface area contributed by atoms with Crippen LogP contribution in [0.3, 0.4) is 0 Å². The Morgan fingerprint density at radius 2 is 1.76 bits per heavy atom. The van der Waals surface area contributed by atoms with E-state index in [1.807, 2.05) is 6.07 Å². The second kappa shape index (κ2) is 6.15. The maximum Gasteiger partial charge on any atom is 0.169 e. The molecule has 0 aliphatic carbocycles. The topological polar surface area (TPSA) is 52.4 Å². The molecule has 2 aromatic rings. The highest BCUT2D eigenvalue weighted by Crippen LogP contribution is 2.39. The predicted octanol–water partition coefficient (Wildman–Crippen LogP) is 1.66. The Hall–Kier alpha value is -2.40. The minimum Gasteiger partial charge on any atom is -0.504 e. The third-order valence-electron chi connectivity index (χ3n) is 5.60. The SMILES string of the molecule is COc1cc2c(cc1OC)[C@@H]1Cc3ccc(O)c(OC)c3C[NH+]1CC2. The van der Waals surface area contributed by atoms with Gasteiger partial charge in [-0.3, -0.25) is 0 Å². The largest absolute Gasteiger partial charge is 0.504 e. The average molecular weight is 342 g/mol. The van der Waals surface area contributed by atoms with Crippen LogP contribution in [0.2, 0.25) is 0 Å². The van der Waals surface area contributed by atoms with E-state index in [0.717, 1.165) is 43.0 Å². The fraction of sp³-hybridized carbons (Fsp3) is 0.400. The summed E-state index contributed by atoms with van der Waals surface area (Å²) in [6, 6.07) is 8.42. The predicted molar refractivity (Wildman–Crippen MR) is 93.9 cm³/mol. The molecule has 0 spiro atoms. The van der Waals surface area contributed by atoms with Gasteiger partial charge in [0.2, 0.25) is 0 Å². The fourth-order valence-electron chi connectivity index (χ4n) is 4.35. The van der Waals surface area contributed by atoms with Crippen LogP contribution >= 0.6 is 0 Å². The Balaban J connectivity index is 1.77. The number of phenolic OH excluding ortho intramolecular Hbond substituents is 1. The van der Waals surface area contributed by atoms with Crippen LogP contribution in [0.25, 0.3) is 0 Å². The van der Waals surface area contributed by atoms with Gasteiger partial charge in [-0.05, 0) is 29.3 Å². The molecule has 2 atom stereocenters. The third kappa shape index (κ3) is 2.50. The zero-order valence-electron chi connectivity index (χ0n) is 14.9. The van der Waals surface area contributed by atoms with Crippen LogP contribution in [0.5, 0.6) is 23.0 Å². The van der Waals surface area contributed by atoms with Gasteiger partial charge >= 0.3 is 0 Å². The summed E-state index contributed by atoms with van der Waals surface area (Å²) in [6.07, 6.45) is 1.95. The van der Waals surface area contributed by atoms with Crippen molar-refractivity contribution >= 4 is 0 Å². The molecule has 2 aliphatic rings. The van der Waals surface area contributed by atoms with E-state index >= 15 is 0 Å². The molecule has 0 saturated heterocycles. The highest BCUT2D eigenvalue weighted by atomic mass is 16.5. The zero-order valence-corrected chi connectivity index (χ0v) is 14.9. The molecule has 0 bridgehead atoms. The number of aromatic hydroxyl groups is 1. The minimum atomic E-state index is 0.225. The Labute approximate surface area is 147 Å².